The van der Waals surface area contributed by atoms with Crippen LogP contribution in [0.4, 0.5) is 5.69 Å². The zero-order valence-electron chi connectivity index (χ0n) is 15.3. The van der Waals surface area contributed by atoms with Gasteiger partial charge in [-0.15, -0.1) is 0 Å². The maximum Gasteiger partial charge on any atom is 0.257 e. The molecule has 140 valence electrons. The van der Waals surface area contributed by atoms with E-state index in [0.29, 0.717) is 17.9 Å². The lowest BCUT2D eigenvalue weighted by Gasteiger charge is -2.06. The molecule has 0 fully saturated rings. The van der Waals surface area contributed by atoms with Crippen molar-refractivity contribution in [3.63, 3.8) is 0 Å². The number of nitrogens with zero attached hydrogens (tertiary/aromatic N) is 2. The molecule has 1 amide bonds. The Labute approximate surface area is 170 Å². The van der Waals surface area contributed by atoms with Crippen LogP contribution in [0.5, 0.6) is 0 Å². The van der Waals surface area contributed by atoms with Crippen LogP contribution in [0.25, 0.3) is 11.1 Å². The van der Waals surface area contributed by atoms with Crippen molar-refractivity contribution in [2.45, 2.75) is 19.8 Å². The SMILES string of the molecule is CCc1ccc2oc(Cc3ccc(NC(=O)c4cncc(Br)c4)cc3)nc2c1. The van der Waals surface area contributed by atoms with Crippen LogP contribution in [-0.4, -0.2) is 15.9 Å². The number of pyridine rings is 1. The van der Waals surface area contributed by atoms with Crippen LogP contribution in [-0.2, 0) is 12.8 Å². The lowest BCUT2D eigenvalue weighted by Crippen LogP contribution is -2.12. The van der Waals surface area contributed by atoms with Crippen LogP contribution in [0.3, 0.4) is 0 Å². The minimum absolute atomic E-state index is 0.202. The van der Waals surface area contributed by atoms with Gasteiger partial charge in [0, 0.05) is 29.0 Å². The molecule has 0 aliphatic rings. The molecule has 4 rings (SSSR count). The third kappa shape index (κ3) is 4.12. The van der Waals surface area contributed by atoms with Crippen molar-refractivity contribution < 1.29 is 9.21 Å². The Morgan fingerprint density at radius 1 is 1.07 bits per heavy atom. The Morgan fingerprint density at radius 2 is 1.86 bits per heavy atom. The van der Waals surface area contributed by atoms with Crippen LogP contribution in [0.2, 0.25) is 0 Å². The molecule has 2 aromatic heterocycles. The molecule has 1 N–H and O–H groups in total. The number of aryl methyl sites for hydroxylation is 1. The molecule has 0 atom stereocenters. The molecule has 0 unspecified atom stereocenters. The summed E-state index contributed by atoms with van der Waals surface area (Å²) in [7, 11) is 0. The molecule has 0 bridgehead atoms. The monoisotopic (exact) mass is 435 g/mol. The second-order valence-corrected chi connectivity index (χ2v) is 7.40. The molecule has 0 saturated heterocycles. The molecule has 5 nitrogen and oxygen atoms in total. The maximum absolute atomic E-state index is 12.3. The molecule has 6 heteroatoms. The molecule has 0 spiro atoms. The number of aromatic nitrogens is 2. The summed E-state index contributed by atoms with van der Waals surface area (Å²) < 4.78 is 6.61. The third-order valence-electron chi connectivity index (χ3n) is 4.44. The van der Waals surface area contributed by atoms with Gasteiger partial charge in [-0.05, 0) is 63.8 Å². The minimum atomic E-state index is -0.202. The average molecular weight is 436 g/mol. The Morgan fingerprint density at radius 3 is 2.61 bits per heavy atom. The van der Waals surface area contributed by atoms with E-state index in [1.165, 1.54) is 11.8 Å². The molecule has 28 heavy (non-hydrogen) atoms. The van der Waals surface area contributed by atoms with Crippen LogP contribution >= 0.6 is 15.9 Å². The number of halogens is 1. The summed E-state index contributed by atoms with van der Waals surface area (Å²) in [6, 6.07) is 15.5. The first-order valence-electron chi connectivity index (χ1n) is 9.00. The van der Waals surface area contributed by atoms with Gasteiger partial charge in [-0.1, -0.05) is 25.1 Å². The molecule has 2 aromatic carbocycles. The normalized spacial score (nSPS) is 10.9. The standard InChI is InChI=1S/C22H18BrN3O2/c1-2-14-5-8-20-19(9-14)26-21(28-20)10-15-3-6-18(7-4-15)25-22(27)16-11-17(23)13-24-12-16/h3-9,11-13H,2,10H2,1H3,(H,25,27). The number of oxazole rings is 1. The number of carbonyl (C=O) groups excluding carboxylic acids is 1. The molecular formula is C22H18BrN3O2. The number of rotatable bonds is 5. The van der Waals surface area contributed by atoms with Crippen molar-refractivity contribution in [1.82, 2.24) is 9.97 Å². The highest BCUT2D eigenvalue weighted by atomic mass is 79.9. The van der Waals surface area contributed by atoms with Crippen molar-refractivity contribution in [3.05, 3.63) is 88.0 Å². The Kier molecular flexibility index (Phi) is 5.21. The topological polar surface area (TPSA) is 68.0 Å². The van der Waals surface area contributed by atoms with Crippen molar-refractivity contribution in [1.29, 1.82) is 0 Å². The molecule has 0 aliphatic carbocycles. The second kappa shape index (κ2) is 7.94. The summed E-state index contributed by atoms with van der Waals surface area (Å²) in [6.07, 6.45) is 4.74. The first-order valence-corrected chi connectivity index (χ1v) is 9.79. The molecule has 0 aliphatic heterocycles. The van der Waals surface area contributed by atoms with Crippen molar-refractivity contribution in [3.8, 4) is 0 Å². The quantitative estimate of drug-likeness (QED) is 0.456. The fourth-order valence-corrected chi connectivity index (χ4v) is 3.30. The van der Waals surface area contributed by atoms with Gasteiger partial charge in [0.25, 0.3) is 5.91 Å². The minimum Gasteiger partial charge on any atom is -0.440 e. The summed E-state index contributed by atoms with van der Waals surface area (Å²) in [5.41, 5.74) is 5.22. The summed E-state index contributed by atoms with van der Waals surface area (Å²) in [6.45, 7) is 2.12. The van der Waals surface area contributed by atoms with Gasteiger partial charge in [-0.25, -0.2) is 4.98 Å². The first-order chi connectivity index (χ1) is 13.6. The largest absolute Gasteiger partial charge is 0.440 e. The number of anilines is 1. The zero-order chi connectivity index (χ0) is 19.5. The number of nitrogens with one attached hydrogen (secondary N) is 1. The van der Waals surface area contributed by atoms with Gasteiger partial charge in [0.05, 0.1) is 5.56 Å². The number of fused-ring (bicyclic) bond motifs is 1. The Hall–Kier alpha value is -2.99. The third-order valence-corrected chi connectivity index (χ3v) is 4.87. The average Bonchev–Trinajstić information content (AvgIpc) is 3.10. The summed E-state index contributed by atoms with van der Waals surface area (Å²) in [5.74, 6) is 0.479. The van der Waals surface area contributed by atoms with Crippen LogP contribution < -0.4 is 5.32 Å². The van der Waals surface area contributed by atoms with Crippen molar-refractivity contribution in [2.24, 2.45) is 0 Å². The van der Waals surface area contributed by atoms with E-state index >= 15 is 0 Å². The van der Waals surface area contributed by atoms with Crippen molar-refractivity contribution >= 4 is 38.6 Å². The van der Waals surface area contributed by atoms with E-state index in [9.17, 15) is 4.79 Å². The predicted molar refractivity (Wildman–Crippen MR) is 113 cm³/mol. The molecule has 2 heterocycles. The van der Waals surface area contributed by atoms with Gasteiger partial charge in [0.1, 0.15) is 5.52 Å². The Balaban J connectivity index is 1.45. The number of hydrogen-bond donors (Lipinski definition) is 1. The van der Waals surface area contributed by atoms with E-state index in [1.807, 2.05) is 30.3 Å². The van der Waals surface area contributed by atoms with Gasteiger partial charge >= 0.3 is 0 Å². The zero-order valence-corrected chi connectivity index (χ0v) is 16.9. The molecule has 4 aromatic rings. The van der Waals surface area contributed by atoms with Gasteiger partial charge in [-0.3, -0.25) is 9.78 Å². The van der Waals surface area contributed by atoms with E-state index in [-0.39, 0.29) is 5.91 Å². The fourth-order valence-electron chi connectivity index (χ4n) is 2.94. The second-order valence-electron chi connectivity index (χ2n) is 6.48. The lowest BCUT2D eigenvalue weighted by molar-refractivity contribution is 0.102. The highest BCUT2D eigenvalue weighted by Crippen LogP contribution is 2.20. The molecular weight excluding hydrogens is 418 g/mol. The Bertz CT molecular complexity index is 1140. The highest BCUT2D eigenvalue weighted by Gasteiger charge is 2.09. The molecule has 0 radical (unpaired) electrons. The maximum atomic E-state index is 12.3. The number of carbonyl (C=O) groups is 1. The molecule has 0 saturated carbocycles. The van der Waals surface area contributed by atoms with E-state index in [0.717, 1.165) is 33.2 Å². The van der Waals surface area contributed by atoms with Crippen molar-refractivity contribution in [2.75, 3.05) is 5.32 Å². The van der Waals surface area contributed by atoms with E-state index in [4.69, 9.17) is 4.42 Å². The van der Waals surface area contributed by atoms with Crippen LogP contribution in [0.1, 0.15) is 34.3 Å². The lowest BCUT2D eigenvalue weighted by atomic mass is 10.1. The number of hydrogen-bond acceptors (Lipinski definition) is 4. The van der Waals surface area contributed by atoms with Gasteiger partial charge < -0.3 is 9.73 Å². The van der Waals surface area contributed by atoms with Gasteiger partial charge in [-0.2, -0.15) is 0 Å². The van der Waals surface area contributed by atoms with E-state index < -0.39 is 0 Å². The highest BCUT2D eigenvalue weighted by molar-refractivity contribution is 9.10. The first kappa shape index (κ1) is 18.4. The predicted octanol–water partition coefficient (Wildman–Crippen LogP) is 5.39. The smallest absolute Gasteiger partial charge is 0.257 e. The van der Waals surface area contributed by atoms with Gasteiger partial charge in [0.2, 0.25) is 0 Å². The summed E-state index contributed by atoms with van der Waals surface area (Å²) in [4.78, 5) is 20.9. The number of benzene rings is 2. The van der Waals surface area contributed by atoms with Crippen LogP contribution in [0, 0.1) is 0 Å². The fraction of sp³-hybridized carbons (Fsp3) is 0.136. The van der Waals surface area contributed by atoms with Gasteiger partial charge in [0.15, 0.2) is 11.5 Å². The summed E-state index contributed by atoms with van der Waals surface area (Å²) in [5, 5.41) is 2.87. The van der Waals surface area contributed by atoms with E-state index in [2.05, 4.69) is 50.3 Å². The van der Waals surface area contributed by atoms with E-state index in [1.54, 1.807) is 12.3 Å². The summed E-state index contributed by atoms with van der Waals surface area (Å²) >= 11 is 3.32. The number of amides is 1. The van der Waals surface area contributed by atoms with Crippen LogP contribution in [0.15, 0.2) is 69.8 Å².